The fraction of sp³-hybridized carbons (Fsp3) is 0.700. The van der Waals surface area contributed by atoms with Crippen molar-refractivity contribution in [3.63, 3.8) is 0 Å². The van der Waals surface area contributed by atoms with Gasteiger partial charge in [0.25, 0.3) is 0 Å². The molecule has 1 aliphatic heterocycles. The Balaban J connectivity index is 1.75. The van der Waals surface area contributed by atoms with E-state index in [0.717, 1.165) is 13.1 Å². The average Bonchev–Trinajstić information content (AvgIpc) is 2.76. The highest BCUT2D eigenvalue weighted by Crippen LogP contribution is 2.09. The summed E-state index contributed by atoms with van der Waals surface area (Å²) in [6, 6.07) is 0.693. The maximum atomic E-state index is 4.29. The highest BCUT2D eigenvalue weighted by molar-refractivity contribution is 7.07. The van der Waals surface area contributed by atoms with Crippen LogP contribution in [-0.4, -0.2) is 36.1 Å². The van der Waals surface area contributed by atoms with Gasteiger partial charge in [-0.1, -0.05) is 0 Å². The molecule has 1 aromatic rings. The molecule has 1 aromatic heterocycles. The number of rotatable bonds is 4. The van der Waals surface area contributed by atoms with Gasteiger partial charge >= 0.3 is 0 Å². The minimum atomic E-state index is 0.693. The molecule has 0 spiro atoms. The van der Waals surface area contributed by atoms with Gasteiger partial charge in [-0.2, -0.15) is 0 Å². The molecule has 0 radical (unpaired) electrons. The number of aromatic nitrogens is 1. The molecule has 3 nitrogen and oxygen atoms in total. The Morgan fingerprint density at radius 2 is 2.64 bits per heavy atom. The summed E-state index contributed by atoms with van der Waals surface area (Å²) in [5, 5.41) is 5.63. The Morgan fingerprint density at radius 3 is 3.29 bits per heavy atom. The molecular formula is C10H17N3S. The molecule has 4 heteroatoms. The summed E-state index contributed by atoms with van der Waals surface area (Å²) in [6.07, 6.45) is 2.65. The number of likely N-dealkylation sites (N-methyl/N-ethyl adjacent to an activating group) is 1. The lowest BCUT2D eigenvalue weighted by Gasteiger charge is -2.19. The largest absolute Gasteiger partial charge is 0.313 e. The summed E-state index contributed by atoms with van der Waals surface area (Å²) in [7, 11) is 2.17. The van der Waals surface area contributed by atoms with Crippen molar-refractivity contribution in [1.29, 1.82) is 0 Å². The Bertz CT molecular complexity index is 254. The maximum absolute atomic E-state index is 4.29. The van der Waals surface area contributed by atoms with Gasteiger partial charge in [0.1, 0.15) is 0 Å². The van der Waals surface area contributed by atoms with Gasteiger partial charge in [0.2, 0.25) is 0 Å². The average molecular weight is 211 g/mol. The van der Waals surface area contributed by atoms with E-state index in [2.05, 4.69) is 27.6 Å². The lowest BCUT2D eigenvalue weighted by atomic mass is 10.2. The SMILES string of the molecule is CN(Cc1cscn1)CC1CCCN1. The smallest absolute Gasteiger partial charge is 0.0795 e. The summed E-state index contributed by atoms with van der Waals surface area (Å²) in [6.45, 7) is 3.30. The minimum Gasteiger partial charge on any atom is -0.313 e. The van der Waals surface area contributed by atoms with Crippen LogP contribution in [0.15, 0.2) is 10.9 Å². The molecule has 1 atom stereocenters. The van der Waals surface area contributed by atoms with Gasteiger partial charge in [0.15, 0.2) is 0 Å². The highest BCUT2D eigenvalue weighted by Gasteiger charge is 2.15. The van der Waals surface area contributed by atoms with Gasteiger partial charge in [0, 0.05) is 24.5 Å². The van der Waals surface area contributed by atoms with Crippen molar-refractivity contribution in [2.24, 2.45) is 0 Å². The zero-order valence-corrected chi connectivity index (χ0v) is 9.39. The molecule has 1 N–H and O–H groups in total. The second kappa shape index (κ2) is 4.87. The first-order valence-corrected chi connectivity index (χ1v) is 6.08. The van der Waals surface area contributed by atoms with E-state index in [-0.39, 0.29) is 0 Å². The first kappa shape index (κ1) is 10.1. The molecule has 0 aliphatic carbocycles. The number of nitrogens with zero attached hydrogens (tertiary/aromatic N) is 2. The minimum absolute atomic E-state index is 0.693. The van der Waals surface area contributed by atoms with Crippen LogP contribution in [0.25, 0.3) is 0 Å². The van der Waals surface area contributed by atoms with Crippen LogP contribution < -0.4 is 5.32 Å². The summed E-state index contributed by atoms with van der Waals surface area (Å²) >= 11 is 1.67. The molecular weight excluding hydrogens is 194 g/mol. The van der Waals surface area contributed by atoms with E-state index in [4.69, 9.17) is 0 Å². The van der Waals surface area contributed by atoms with Crippen molar-refractivity contribution in [2.45, 2.75) is 25.4 Å². The fourth-order valence-electron chi connectivity index (χ4n) is 1.95. The van der Waals surface area contributed by atoms with Crippen LogP contribution in [0.2, 0.25) is 0 Å². The van der Waals surface area contributed by atoms with E-state index >= 15 is 0 Å². The normalized spacial score (nSPS) is 22.0. The van der Waals surface area contributed by atoms with Gasteiger partial charge in [0.05, 0.1) is 11.2 Å². The first-order valence-electron chi connectivity index (χ1n) is 5.13. The van der Waals surface area contributed by atoms with Gasteiger partial charge in [-0.3, -0.25) is 4.90 Å². The molecule has 78 valence electrons. The fourth-order valence-corrected chi connectivity index (χ4v) is 2.50. The van der Waals surface area contributed by atoms with Gasteiger partial charge in [-0.25, -0.2) is 4.98 Å². The summed E-state index contributed by atoms with van der Waals surface area (Å²) < 4.78 is 0. The standard InChI is InChI=1S/C10H17N3S/c1-13(5-9-3-2-4-11-9)6-10-7-14-8-12-10/h7-9,11H,2-6H2,1H3. The van der Waals surface area contributed by atoms with Crippen molar-refractivity contribution in [3.05, 3.63) is 16.6 Å². The number of nitrogens with one attached hydrogen (secondary N) is 1. The molecule has 0 amide bonds. The second-order valence-corrected chi connectivity index (χ2v) is 4.69. The van der Waals surface area contributed by atoms with Crippen molar-refractivity contribution < 1.29 is 0 Å². The Labute approximate surface area is 89.1 Å². The molecule has 1 aliphatic rings. The number of hydrogen-bond acceptors (Lipinski definition) is 4. The van der Waals surface area contributed by atoms with Crippen molar-refractivity contribution in [3.8, 4) is 0 Å². The second-order valence-electron chi connectivity index (χ2n) is 3.97. The summed E-state index contributed by atoms with van der Waals surface area (Å²) in [5.41, 5.74) is 3.09. The van der Waals surface area contributed by atoms with E-state index in [1.807, 2.05) is 5.51 Å². The zero-order valence-electron chi connectivity index (χ0n) is 8.57. The summed E-state index contributed by atoms with van der Waals surface area (Å²) in [5.74, 6) is 0. The Hall–Kier alpha value is -0.450. The Morgan fingerprint density at radius 1 is 1.71 bits per heavy atom. The van der Waals surface area contributed by atoms with Gasteiger partial charge in [-0.15, -0.1) is 11.3 Å². The lowest BCUT2D eigenvalue weighted by Crippen LogP contribution is -2.34. The van der Waals surface area contributed by atoms with Crippen LogP contribution >= 0.6 is 11.3 Å². The topological polar surface area (TPSA) is 28.2 Å². The van der Waals surface area contributed by atoms with Crippen LogP contribution in [-0.2, 0) is 6.54 Å². The lowest BCUT2D eigenvalue weighted by molar-refractivity contribution is 0.290. The van der Waals surface area contributed by atoms with Gasteiger partial charge in [-0.05, 0) is 26.4 Å². The summed E-state index contributed by atoms with van der Waals surface area (Å²) in [4.78, 5) is 6.63. The van der Waals surface area contributed by atoms with Crippen molar-refractivity contribution in [1.82, 2.24) is 15.2 Å². The van der Waals surface area contributed by atoms with Gasteiger partial charge < -0.3 is 5.32 Å². The molecule has 1 unspecified atom stereocenters. The number of hydrogen-bond donors (Lipinski definition) is 1. The van der Waals surface area contributed by atoms with E-state index in [9.17, 15) is 0 Å². The van der Waals surface area contributed by atoms with Crippen LogP contribution in [0, 0.1) is 0 Å². The van der Waals surface area contributed by atoms with E-state index in [1.165, 1.54) is 25.1 Å². The number of thiazole rings is 1. The first-order chi connectivity index (χ1) is 6.84. The van der Waals surface area contributed by atoms with E-state index < -0.39 is 0 Å². The van der Waals surface area contributed by atoms with Crippen LogP contribution in [0.5, 0.6) is 0 Å². The highest BCUT2D eigenvalue weighted by atomic mass is 32.1. The molecule has 1 fully saturated rings. The van der Waals surface area contributed by atoms with Crippen LogP contribution in [0.4, 0.5) is 0 Å². The van der Waals surface area contributed by atoms with Crippen molar-refractivity contribution in [2.75, 3.05) is 20.1 Å². The van der Waals surface area contributed by atoms with Crippen molar-refractivity contribution >= 4 is 11.3 Å². The Kier molecular flexibility index (Phi) is 3.50. The molecule has 14 heavy (non-hydrogen) atoms. The molecule has 1 saturated heterocycles. The third-order valence-electron chi connectivity index (χ3n) is 2.61. The molecule has 2 rings (SSSR count). The maximum Gasteiger partial charge on any atom is 0.0795 e. The quantitative estimate of drug-likeness (QED) is 0.814. The predicted octanol–water partition coefficient (Wildman–Crippen LogP) is 1.33. The van der Waals surface area contributed by atoms with E-state index in [1.54, 1.807) is 11.3 Å². The third-order valence-corrected chi connectivity index (χ3v) is 3.25. The predicted molar refractivity (Wildman–Crippen MR) is 59.5 cm³/mol. The molecule has 0 aromatic carbocycles. The van der Waals surface area contributed by atoms with Crippen LogP contribution in [0.1, 0.15) is 18.5 Å². The molecule has 0 saturated carbocycles. The molecule has 2 heterocycles. The third kappa shape index (κ3) is 2.77. The molecule has 0 bridgehead atoms. The zero-order chi connectivity index (χ0) is 9.80. The van der Waals surface area contributed by atoms with Crippen LogP contribution in [0.3, 0.4) is 0 Å². The monoisotopic (exact) mass is 211 g/mol. The van der Waals surface area contributed by atoms with E-state index in [0.29, 0.717) is 6.04 Å².